The molecule has 2 heteroatoms. The third kappa shape index (κ3) is 3.83. The maximum atomic E-state index is 5.55. The van der Waals surface area contributed by atoms with Crippen molar-refractivity contribution in [1.82, 2.24) is 0 Å². The Labute approximate surface area is 84.7 Å². The lowest BCUT2D eigenvalue weighted by atomic mass is 10.2. The van der Waals surface area contributed by atoms with Crippen LogP contribution in [0.4, 0.5) is 0 Å². The molecule has 0 radical (unpaired) electrons. The average molecular weight is 195 g/mol. The zero-order valence-corrected chi connectivity index (χ0v) is 9.10. The van der Waals surface area contributed by atoms with E-state index in [1.807, 2.05) is 11.8 Å². The van der Waals surface area contributed by atoms with Crippen molar-refractivity contribution in [3.8, 4) is 0 Å². The molecule has 1 aromatic carbocycles. The summed E-state index contributed by atoms with van der Waals surface area (Å²) in [4.78, 5) is 1.34. The number of benzene rings is 1. The van der Waals surface area contributed by atoms with Crippen LogP contribution in [0.2, 0.25) is 0 Å². The summed E-state index contributed by atoms with van der Waals surface area (Å²) in [5, 5.41) is 0. The van der Waals surface area contributed by atoms with Crippen LogP contribution in [0.1, 0.15) is 12.5 Å². The first-order valence-corrected chi connectivity index (χ1v) is 5.60. The molecule has 0 amide bonds. The van der Waals surface area contributed by atoms with Crippen molar-refractivity contribution in [2.45, 2.75) is 18.7 Å². The van der Waals surface area contributed by atoms with Gasteiger partial charge >= 0.3 is 0 Å². The molecule has 13 heavy (non-hydrogen) atoms. The summed E-state index contributed by atoms with van der Waals surface area (Å²) in [5.41, 5.74) is 6.86. The van der Waals surface area contributed by atoms with Gasteiger partial charge in [-0.15, -0.1) is 11.8 Å². The molecular formula is C11H17NS. The monoisotopic (exact) mass is 195 g/mol. The summed E-state index contributed by atoms with van der Waals surface area (Å²) in [5.74, 6) is 1.71. The standard InChI is InChI=1S/C11H17NS/c1-9-3-5-11(6-4-9)13-8-10(2)7-12/h3-6,10H,7-8,12H2,1-2H3. The normalized spacial score (nSPS) is 12.8. The third-order valence-electron chi connectivity index (χ3n) is 1.96. The van der Waals surface area contributed by atoms with Gasteiger partial charge < -0.3 is 5.73 Å². The first-order chi connectivity index (χ1) is 6.22. The SMILES string of the molecule is Cc1ccc(SCC(C)CN)cc1. The fraction of sp³-hybridized carbons (Fsp3) is 0.455. The van der Waals surface area contributed by atoms with Gasteiger partial charge in [-0.05, 0) is 31.5 Å². The van der Waals surface area contributed by atoms with Crippen LogP contribution in [0.15, 0.2) is 29.2 Å². The highest BCUT2D eigenvalue weighted by molar-refractivity contribution is 7.99. The van der Waals surface area contributed by atoms with E-state index in [2.05, 4.69) is 38.1 Å². The predicted octanol–water partition coefficient (Wildman–Crippen LogP) is 2.68. The second-order valence-corrected chi connectivity index (χ2v) is 4.56. The summed E-state index contributed by atoms with van der Waals surface area (Å²) < 4.78 is 0. The summed E-state index contributed by atoms with van der Waals surface area (Å²) in [6.45, 7) is 5.07. The van der Waals surface area contributed by atoms with E-state index in [-0.39, 0.29) is 0 Å². The van der Waals surface area contributed by atoms with Gasteiger partial charge in [0.1, 0.15) is 0 Å². The molecule has 0 aliphatic rings. The van der Waals surface area contributed by atoms with Crippen LogP contribution < -0.4 is 5.73 Å². The van der Waals surface area contributed by atoms with Crippen molar-refractivity contribution in [1.29, 1.82) is 0 Å². The van der Waals surface area contributed by atoms with Gasteiger partial charge in [0.15, 0.2) is 0 Å². The molecule has 72 valence electrons. The van der Waals surface area contributed by atoms with E-state index in [4.69, 9.17) is 5.73 Å². The van der Waals surface area contributed by atoms with Crippen molar-refractivity contribution in [3.05, 3.63) is 29.8 Å². The molecular weight excluding hydrogens is 178 g/mol. The van der Waals surface area contributed by atoms with Crippen molar-refractivity contribution < 1.29 is 0 Å². The van der Waals surface area contributed by atoms with Gasteiger partial charge in [-0.3, -0.25) is 0 Å². The quantitative estimate of drug-likeness (QED) is 0.748. The van der Waals surface area contributed by atoms with Crippen LogP contribution in [0.25, 0.3) is 0 Å². The maximum Gasteiger partial charge on any atom is 0.00722 e. The highest BCUT2D eigenvalue weighted by atomic mass is 32.2. The molecule has 1 rings (SSSR count). The number of aryl methyl sites for hydroxylation is 1. The number of thioether (sulfide) groups is 1. The summed E-state index contributed by atoms with van der Waals surface area (Å²) in [7, 11) is 0. The molecule has 0 heterocycles. The lowest BCUT2D eigenvalue weighted by Gasteiger charge is -2.07. The molecule has 0 saturated carbocycles. The molecule has 1 atom stereocenters. The molecule has 0 bridgehead atoms. The Kier molecular flexibility index (Phi) is 4.33. The zero-order valence-electron chi connectivity index (χ0n) is 8.29. The molecule has 1 aromatic rings. The second-order valence-electron chi connectivity index (χ2n) is 3.46. The largest absolute Gasteiger partial charge is 0.330 e. The van der Waals surface area contributed by atoms with Crippen molar-refractivity contribution >= 4 is 11.8 Å². The van der Waals surface area contributed by atoms with Gasteiger partial charge in [-0.2, -0.15) is 0 Å². The van der Waals surface area contributed by atoms with E-state index < -0.39 is 0 Å². The average Bonchev–Trinajstić information content (AvgIpc) is 2.16. The van der Waals surface area contributed by atoms with Gasteiger partial charge in [0, 0.05) is 10.6 Å². The van der Waals surface area contributed by atoms with Crippen LogP contribution in [-0.2, 0) is 0 Å². The van der Waals surface area contributed by atoms with Crippen LogP contribution in [0.5, 0.6) is 0 Å². The molecule has 0 aromatic heterocycles. The van der Waals surface area contributed by atoms with Gasteiger partial charge in [0.05, 0.1) is 0 Å². The van der Waals surface area contributed by atoms with Gasteiger partial charge in [-0.25, -0.2) is 0 Å². The van der Waals surface area contributed by atoms with Gasteiger partial charge in [0.25, 0.3) is 0 Å². The number of nitrogens with two attached hydrogens (primary N) is 1. The van der Waals surface area contributed by atoms with E-state index in [1.54, 1.807) is 0 Å². The molecule has 0 fully saturated rings. The van der Waals surface area contributed by atoms with Crippen LogP contribution >= 0.6 is 11.8 Å². The number of hydrogen-bond donors (Lipinski definition) is 1. The fourth-order valence-corrected chi connectivity index (χ4v) is 1.88. The van der Waals surface area contributed by atoms with Crippen LogP contribution in [0.3, 0.4) is 0 Å². The second kappa shape index (κ2) is 5.30. The summed E-state index contributed by atoms with van der Waals surface area (Å²) in [6, 6.07) is 8.64. The van der Waals surface area contributed by atoms with Crippen LogP contribution in [0, 0.1) is 12.8 Å². The Hall–Kier alpha value is -0.470. The molecule has 1 nitrogen and oxygen atoms in total. The van der Waals surface area contributed by atoms with Crippen LogP contribution in [-0.4, -0.2) is 12.3 Å². The Balaban J connectivity index is 2.41. The Bertz CT molecular complexity index is 243. The fourth-order valence-electron chi connectivity index (χ4n) is 0.941. The summed E-state index contributed by atoms with van der Waals surface area (Å²) >= 11 is 1.88. The highest BCUT2D eigenvalue weighted by Crippen LogP contribution is 2.20. The molecule has 0 aliphatic heterocycles. The minimum Gasteiger partial charge on any atom is -0.330 e. The third-order valence-corrected chi connectivity index (χ3v) is 3.30. The van der Waals surface area contributed by atoms with E-state index >= 15 is 0 Å². The predicted molar refractivity (Wildman–Crippen MR) is 60.1 cm³/mol. The molecule has 2 N–H and O–H groups in total. The zero-order chi connectivity index (χ0) is 9.68. The first kappa shape index (κ1) is 10.6. The minimum absolute atomic E-state index is 0.603. The lowest BCUT2D eigenvalue weighted by molar-refractivity contribution is 0.675. The number of rotatable bonds is 4. The van der Waals surface area contributed by atoms with Crippen molar-refractivity contribution in [2.75, 3.05) is 12.3 Å². The first-order valence-electron chi connectivity index (χ1n) is 4.62. The Morgan fingerprint density at radius 2 is 1.92 bits per heavy atom. The molecule has 0 saturated heterocycles. The van der Waals surface area contributed by atoms with Crippen molar-refractivity contribution in [3.63, 3.8) is 0 Å². The number of hydrogen-bond acceptors (Lipinski definition) is 2. The van der Waals surface area contributed by atoms with Crippen molar-refractivity contribution in [2.24, 2.45) is 11.7 Å². The minimum atomic E-state index is 0.603. The van der Waals surface area contributed by atoms with Gasteiger partial charge in [-0.1, -0.05) is 24.6 Å². The molecule has 0 spiro atoms. The van der Waals surface area contributed by atoms with Gasteiger partial charge in [0.2, 0.25) is 0 Å². The maximum absolute atomic E-state index is 5.55. The summed E-state index contributed by atoms with van der Waals surface area (Å²) in [6.07, 6.45) is 0. The van der Waals surface area contributed by atoms with E-state index in [1.165, 1.54) is 10.5 Å². The lowest BCUT2D eigenvalue weighted by Crippen LogP contribution is -2.12. The molecule has 1 unspecified atom stereocenters. The smallest absolute Gasteiger partial charge is 0.00722 e. The molecule has 0 aliphatic carbocycles. The highest BCUT2D eigenvalue weighted by Gasteiger charge is 1.99. The topological polar surface area (TPSA) is 26.0 Å². The van der Waals surface area contributed by atoms with E-state index in [9.17, 15) is 0 Å². The Morgan fingerprint density at radius 1 is 1.31 bits per heavy atom. The Morgan fingerprint density at radius 3 is 2.46 bits per heavy atom. The van der Waals surface area contributed by atoms with E-state index in [0.717, 1.165) is 12.3 Å². The van der Waals surface area contributed by atoms with E-state index in [0.29, 0.717) is 5.92 Å².